The van der Waals surface area contributed by atoms with Crippen LogP contribution < -0.4 is 0 Å². The number of aromatic nitrogens is 3. The minimum atomic E-state index is -1.46. The molecule has 1 rings (SSSR count). The van der Waals surface area contributed by atoms with Gasteiger partial charge in [0.05, 0.1) is 0 Å². The molecule has 0 aromatic carbocycles. The first kappa shape index (κ1) is 7.39. The van der Waals surface area contributed by atoms with Gasteiger partial charge in [0.1, 0.15) is 19.2 Å². The summed E-state index contributed by atoms with van der Waals surface area (Å²) < 4.78 is 1.15. The zero-order chi connectivity index (χ0) is 8.27. The lowest BCUT2D eigenvalue weighted by atomic mass is 10.4. The van der Waals surface area contributed by atoms with E-state index in [-0.39, 0.29) is 6.54 Å². The Morgan fingerprint density at radius 2 is 2.27 bits per heavy atom. The van der Waals surface area contributed by atoms with E-state index >= 15 is 0 Å². The molecule has 0 aliphatic rings. The van der Waals surface area contributed by atoms with Crippen LogP contribution in [0.5, 0.6) is 0 Å². The minimum Gasteiger partial charge on any atom is -0.475 e. The number of ketones is 1. The quantitative estimate of drug-likeness (QED) is 0.562. The summed E-state index contributed by atoms with van der Waals surface area (Å²) in [6.45, 7) is -0.269. The highest BCUT2D eigenvalue weighted by atomic mass is 16.4. The first-order valence-electron chi connectivity index (χ1n) is 2.78. The first-order chi connectivity index (χ1) is 5.20. The zero-order valence-electron chi connectivity index (χ0n) is 5.47. The van der Waals surface area contributed by atoms with Crippen molar-refractivity contribution >= 4 is 11.8 Å². The van der Waals surface area contributed by atoms with Crippen molar-refractivity contribution in [1.82, 2.24) is 14.8 Å². The highest BCUT2D eigenvalue weighted by molar-refractivity contribution is 6.32. The van der Waals surface area contributed by atoms with Gasteiger partial charge in [-0.05, 0) is 0 Å². The summed E-state index contributed by atoms with van der Waals surface area (Å²) in [5.74, 6) is -2.36. The second kappa shape index (κ2) is 2.91. The van der Waals surface area contributed by atoms with E-state index in [9.17, 15) is 9.59 Å². The van der Waals surface area contributed by atoms with Crippen LogP contribution in [-0.4, -0.2) is 31.6 Å². The molecule has 6 heteroatoms. The van der Waals surface area contributed by atoms with Crippen LogP contribution in [0.3, 0.4) is 0 Å². The lowest BCUT2D eigenvalue weighted by molar-refractivity contribution is -0.149. The number of hydrogen-bond donors (Lipinski definition) is 1. The molecule has 0 spiro atoms. The average Bonchev–Trinajstić information content (AvgIpc) is 2.39. The summed E-state index contributed by atoms with van der Waals surface area (Å²) in [5.41, 5.74) is 0. The van der Waals surface area contributed by atoms with Crippen molar-refractivity contribution < 1.29 is 14.7 Å². The van der Waals surface area contributed by atoms with Gasteiger partial charge < -0.3 is 5.11 Å². The van der Waals surface area contributed by atoms with Crippen molar-refractivity contribution in [2.24, 2.45) is 0 Å². The first-order valence-corrected chi connectivity index (χ1v) is 2.78. The van der Waals surface area contributed by atoms with Crippen molar-refractivity contribution in [3.63, 3.8) is 0 Å². The number of aliphatic carboxylic acids is 1. The largest absolute Gasteiger partial charge is 0.475 e. The van der Waals surface area contributed by atoms with E-state index < -0.39 is 11.8 Å². The molecule has 1 N–H and O–H groups in total. The Hall–Kier alpha value is -1.72. The molecule has 0 atom stereocenters. The average molecular weight is 155 g/mol. The Labute approximate surface area is 61.5 Å². The lowest BCUT2D eigenvalue weighted by Gasteiger charge is -1.93. The van der Waals surface area contributed by atoms with Crippen molar-refractivity contribution in [3.05, 3.63) is 12.7 Å². The number of carbonyl (C=O) groups excluding carboxylic acids is 1. The molecule has 0 unspecified atom stereocenters. The van der Waals surface area contributed by atoms with Crippen LogP contribution >= 0.6 is 0 Å². The predicted molar refractivity (Wildman–Crippen MR) is 32.7 cm³/mol. The summed E-state index contributed by atoms with van der Waals surface area (Å²) in [7, 11) is 0. The summed E-state index contributed by atoms with van der Waals surface area (Å²) in [4.78, 5) is 24.1. The fourth-order valence-electron chi connectivity index (χ4n) is 0.529. The maximum atomic E-state index is 10.5. The van der Waals surface area contributed by atoms with Gasteiger partial charge in [-0.25, -0.2) is 14.5 Å². The lowest BCUT2D eigenvalue weighted by Crippen LogP contribution is -2.19. The van der Waals surface area contributed by atoms with Crippen molar-refractivity contribution in [2.75, 3.05) is 0 Å². The van der Waals surface area contributed by atoms with Gasteiger partial charge in [-0.1, -0.05) is 0 Å². The fourth-order valence-corrected chi connectivity index (χ4v) is 0.529. The van der Waals surface area contributed by atoms with E-state index in [0.717, 1.165) is 4.68 Å². The zero-order valence-corrected chi connectivity index (χ0v) is 5.47. The molecule has 58 valence electrons. The van der Waals surface area contributed by atoms with Crippen LogP contribution in [0.25, 0.3) is 0 Å². The van der Waals surface area contributed by atoms with E-state index in [4.69, 9.17) is 5.11 Å². The molecule has 0 bridgehead atoms. The molecule has 0 saturated carbocycles. The maximum absolute atomic E-state index is 10.5. The van der Waals surface area contributed by atoms with Crippen molar-refractivity contribution in [3.8, 4) is 0 Å². The molecule has 0 radical (unpaired) electrons. The van der Waals surface area contributed by atoms with Gasteiger partial charge in [0, 0.05) is 0 Å². The SMILES string of the molecule is O=C(O)C(=O)Cn1cncn1. The number of Topliss-reactive ketones (excluding diaryl/α,β-unsaturated/α-hetero) is 1. The minimum absolute atomic E-state index is 0.269. The smallest absolute Gasteiger partial charge is 0.374 e. The molecule has 0 fully saturated rings. The van der Waals surface area contributed by atoms with Gasteiger partial charge in [-0.3, -0.25) is 4.79 Å². The molecule has 0 aliphatic carbocycles. The Morgan fingerprint density at radius 1 is 1.55 bits per heavy atom. The summed E-state index contributed by atoms with van der Waals surface area (Å²) >= 11 is 0. The molecule has 6 nitrogen and oxygen atoms in total. The second-order valence-electron chi connectivity index (χ2n) is 1.82. The third-order valence-corrected chi connectivity index (χ3v) is 1.01. The molecule has 1 aromatic rings. The number of carboxylic acids is 1. The number of rotatable bonds is 3. The van der Waals surface area contributed by atoms with Crippen LogP contribution in [0.4, 0.5) is 0 Å². The van der Waals surface area contributed by atoms with E-state index in [1.54, 1.807) is 0 Å². The van der Waals surface area contributed by atoms with E-state index in [1.165, 1.54) is 12.7 Å². The number of carboxylic acid groups (broad SMARTS) is 1. The van der Waals surface area contributed by atoms with Gasteiger partial charge in [0.2, 0.25) is 0 Å². The van der Waals surface area contributed by atoms with E-state index in [1.807, 2.05) is 0 Å². The van der Waals surface area contributed by atoms with Crippen molar-refractivity contribution in [1.29, 1.82) is 0 Å². The number of carbonyl (C=O) groups is 2. The Balaban J connectivity index is 2.57. The highest BCUT2D eigenvalue weighted by Gasteiger charge is 2.11. The van der Waals surface area contributed by atoms with Crippen LogP contribution in [0.2, 0.25) is 0 Å². The number of nitrogens with zero attached hydrogens (tertiary/aromatic N) is 3. The molecule has 11 heavy (non-hydrogen) atoms. The van der Waals surface area contributed by atoms with Crippen LogP contribution in [-0.2, 0) is 16.1 Å². The van der Waals surface area contributed by atoms with Gasteiger partial charge in [-0.2, -0.15) is 5.10 Å². The van der Waals surface area contributed by atoms with Gasteiger partial charge in [-0.15, -0.1) is 0 Å². The molecule has 0 saturated heterocycles. The van der Waals surface area contributed by atoms with Gasteiger partial charge in [0.25, 0.3) is 5.78 Å². The molecule has 1 aromatic heterocycles. The maximum Gasteiger partial charge on any atom is 0.374 e. The van der Waals surface area contributed by atoms with Gasteiger partial charge in [0.15, 0.2) is 0 Å². The normalized spacial score (nSPS) is 9.45. The van der Waals surface area contributed by atoms with Crippen LogP contribution in [0, 0.1) is 0 Å². The monoisotopic (exact) mass is 155 g/mol. The van der Waals surface area contributed by atoms with Gasteiger partial charge >= 0.3 is 5.97 Å². The van der Waals surface area contributed by atoms with Crippen LogP contribution in [0.1, 0.15) is 0 Å². The Bertz CT molecular complexity index is 267. The third kappa shape index (κ3) is 1.85. The molecule has 0 amide bonds. The Kier molecular flexibility index (Phi) is 1.95. The highest BCUT2D eigenvalue weighted by Crippen LogP contribution is 1.82. The molecular weight excluding hydrogens is 150 g/mol. The summed E-state index contributed by atoms with van der Waals surface area (Å²) in [6.07, 6.45) is 2.51. The summed E-state index contributed by atoms with van der Waals surface area (Å²) in [5, 5.41) is 11.7. The van der Waals surface area contributed by atoms with E-state index in [2.05, 4.69) is 10.1 Å². The third-order valence-electron chi connectivity index (χ3n) is 1.01. The Morgan fingerprint density at radius 3 is 2.73 bits per heavy atom. The molecular formula is C5H5N3O3. The topological polar surface area (TPSA) is 85.1 Å². The molecule has 0 aliphatic heterocycles. The number of hydrogen-bond acceptors (Lipinski definition) is 4. The standard InChI is InChI=1S/C5H5N3O3/c9-4(5(10)11)1-8-3-6-2-7-8/h2-3H,1H2,(H,10,11). The van der Waals surface area contributed by atoms with Crippen LogP contribution in [0.15, 0.2) is 12.7 Å². The second-order valence-corrected chi connectivity index (χ2v) is 1.82. The predicted octanol–water partition coefficient (Wildman–Crippen LogP) is -1.07. The summed E-state index contributed by atoms with van der Waals surface area (Å²) in [6, 6.07) is 0. The van der Waals surface area contributed by atoms with E-state index in [0.29, 0.717) is 0 Å². The fraction of sp³-hybridized carbons (Fsp3) is 0.200. The molecule has 1 heterocycles. The van der Waals surface area contributed by atoms with Crippen molar-refractivity contribution in [2.45, 2.75) is 6.54 Å².